The third-order valence-corrected chi connectivity index (χ3v) is 3.80. The molecule has 0 aliphatic carbocycles. The zero-order valence-electron chi connectivity index (χ0n) is 13.1. The highest BCUT2D eigenvalue weighted by molar-refractivity contribution is 5.68. The SMILES string of the molecule is O=C(O)COc1ccccc1CN1CCN(CCO)CC(O)C1. The third kappa shape index (κ3) is 5.80. The van der Waals surface area contributed by atoms with Crippen LogP contribution < -0.4 is 4.74 Å². The summed E-state index contributed by atoms with van der Waals surface area (Å²) in [4.78, 5) is 14.8. The average molecular weight is 324 g/mol. The Bertz CT molecular complexity index is 511. The number of para-hydroxylation sites is 1. The Morgan fingerprint density at radius 1 is 1.22 bits per heavy atom. The third-order valence-electron chi connectivity index (χ3n) is 3.80. The highest BCUT2D eigenvalue weighted by Crippen LogP contribution is 2.20. The summed E-state index contributed by atoms with van der Waals surface area (Å²) in [5, 5.41) is 27.9. The van der Waals surface area contributed by atoms with E-state index < -0.39 is 12.1 Å². The van der Waals surface area contributed by atoms with Gasteiger partial charge >= 0.3 is 5.97 Å². The van der Waals surface area contributed by atoms with Gasteiger partial charge in [-0.1, -0.05) is 18.2 Å². The second kappa shape index (κ2) is 8.83. The highest BCUT2D eigenvalue weighted by Gasteiger charge is 2.21. The summed E-state index contributed by atoms with van der Waals surface area (Å²) in [5.41, 5.74) is 0.900. The van der Waals surface area contributed by atoms with Gasteiger partial charge in [0.2, 0.25) is 0 Å². The molecule has 1 aliphatic rings. The molecule has 23 heavy (non-hydrogen) atoms. The van der Waals surface area contributed by atoms with Crippen LogP contribution in [0.3, 0.4) is 0 Å². The summed E-state index contributed by atoms with van der Waals surface area (Å²) in [5.74, 6) is -0.453. The Labute approximate surface area is 135 Å². The number of hydrogen-bond acceptors (Lipinski definition) is 6. The number of hydrogen-bond donors (Lipinski definition) is 3. The van der Waals surface area contributed by atoms with Gasteiger partial charge in [-0.3, -0.25) is 9.80 Å². The molecular weight excluding hydrogens is 300 g/mol. The number of β-amino-alcohol motifs (C(OH)–C–C–N with tert-alkyl or cyclic N) is 2. The van der Waals surface area contributed by atoms with E-state index >= 15 is 0 Å². The van der Waals surface area contributed by atoms with E-state index in [0.29, 0.717) is 31.9 Å². The minimum absolute atomic E-state index is 0.0819. The molecule has 7 heteroatoms. The van der Waals surface area contributed by atoms with Crippen molar-refractivity contribution in [2.24, 2.45) is 0 Å². The molecule has 128 valence electrons. The first-order valence-corrected chi connectivity index (χ1v) is 7.74. The maximum Gasteiger partial charge on any atom is 0.341 e. The number of benzene rings is 1. The summed E-state index contributed by atoms with van der Waals surface area (Å²) < 4.78 is 5.33. The van der Waals surface area contributed by atoms with Gasteiger partial charge in [0.15, 0.2) is 6.61 Å². The molecule has 1 aromatic rings. The van der Waals surface area contributed by atoms with Gasteiger partial charge in [-0.15, -0.1) is 0 Å². The van der Waals surface area contributed by atoms with Gasteiger partial charge in [-0.2, -0.15) is 0 Å². The van der Waals surface area contributed by atoms with Crippen molar-refractivity contribution in [2.45, 2.75) is 12.6 Å². The number of aliphatic carboxylic acids is 1. The summed E-state index contributed by atoms with van der Waals surface area (Å²) in [6.45, 7) is 3.48. The summed E-state index contributed by atoms with van der Waals surface area (Å²) in [6.07, 6.45) is -0.476. The second-order valence-corrected chi connectivity index (χ2v) is 5.70. The Kier molecular flexibility index (Phi) is 6.79. The van der Waals surface area contributed by atoms with Gasteiger partial charge in [0, 0.05) is 44.8 Å². The molecule has 0 amide bonds. The number of aliphatic hydroxyl groups excluding tert-OH is 2. The number of carboxylic acid groups (broad SMARTS) is 1. The fourth-order valence-electron chi connectivity index (χ4n) is 2.76. The van der Waals surface area contributed by atoms with Crippen LogP contribution >= 0.6 is 0 Å². The molecule has 0 saturated carbocycles. The molecule has 3 N–H and O–H groups in total. The van der Waals surface area contributed by atoms with Crippen LogP contribution in [0.2, 0.25) is 0 Å². The van der Waals surface area contributed by atoms with E-state index in [2.05, 4.69) is 4.90 Å². The van der Waals surface area contributed by atoms with Gasteiger partial charge in [-0.25, -0.2) is 4.79 Å². The zero-order chi connectivity index (χ0) is 16.7. The van der Waals surface area contributed by atoms with E-state index in [-0.39, 0.29) is 13.2 Å². The van der Waals surface area contributed by atoms with Crippen molar-refractivity contribution in [1.29, 1.82) is 0 Å². The van der Waals surface area contributed by atoms with Crippen LogP contribution in [0, 0.1) is 0 Å². The lowest BCUT2D eigenvalue weighted by molar-refractivity contribution is -0.139. The van der Waals surface area contributed by atoms with Crippen LogP contribution in [-0.4, -0.2) is 83.1 Å². The molecule has 1 atom stereocenters. The van der Waals surface area contributed by atoms with Gasteiger partial charge in [0.1, 0.15) is 5.75 Å². The molecule has 1 fully saturated rings. The summed E-state index contributed by atoms with van der Waals surface area (Å²) in [7, 11) is 0. The molecule has 0 bridgehead atoms. The fourth-order valence-corrected chi connectivity index (χ4v) is 2.76. The van der Waals surface area contributed by atoms with Crippen LogP contribution in [-0.2, 0) is 11.3 Å². The van der Waals surface area contributed by atoms with E-state index in [1.165, 1.54) is 0 Å². The fraction of sp³-hybridized carbons (Fsp3) is 0.562. The van der Waals surface area contributed by atoms with Crippen LogP contribution in [0.4, 0.5) is 0 Å². The molecule has 1 saturated heterocycles. The lowest BCUT2D eigenvalue weighted by atomic mass is 10.2. The Hall–Kier alpha value is -1.67. The van der Waals surface area contributed by atoms with E-state index in [1.807, 2.05) is 17.0 Å². The summed E-state index contributed by atoms with van der Waals surface area (Å²) >= 11 is 0. The van der Waals surface area contributed by atoms with Crippen molar-refractivity contribution in [3.63, 3.8) is 0 Å². The van der Waals surface area contributed by atoms with Gasteiger partial charge in [0.25, 0.3) is 0 Å². The number of carbonyl (C=O) groups is 1. The molecule has 1 heterocycles. The quantitative estimate of drug-likeness (QED) is 0.629. The van der Waals surface area contributed by atoms with Crippen LogP contribution in [0.5, 0.6) is 5.75 Å². The number of nitrogens with zero attached hydrogens (tertiary/aromatic N) is 2. The molecule has 1 aromatic carbocycles. The molecular formula is C16H24N2O5. The molecule has 1 aliphatic heterocycles. The van der Waals surface area contributed by atoms with Crippen molar-refractivity contribution in [3.8, 4) is 5.75 Å². The molecule has 0 spiro atoms. The smallest absolute Gasteiger partial charge is 0.341 e. The maximum atomic E-state index is 10.7. The number of ether oxygens (including phenoxy) is 1. The van der Waals surface area contributed by atoms with Gasteiger partial charge in [-0.05, 0) is 6.07 Å². The Balaban J connectivity index is 1.99. The van der Waals surface area contributed by atoms with Crippen molar-refractivity contribution in [1.82, 2.24) is 9.80 Å². The zero-order valence-corrected chi connectivity index (χ0v) is 13.1. The first kappa shape index (κ1) is 17.7. The van der Waals surface area contributed by atoms with Crippen molar-refractivity contribution in [2.75, 3.05) is 45.9 Å². The summed E-state index contributed by atoms with van der Waals surface area (Å²) in [6, 6.07) is 7.35. The number of aliphatic hydroxyl groups is 2. The number of rotatable bonds is 7. The second-order valence-electron chi connectivity index (χ2n) is 5.70. The predicted molar refractivity (Wildman–Crippen MR) is 84.4 cm³/mol. The standard InChI is InChI=1S/C16H24N2O5/c19-8-7-17-5-6-18(11-14(20)10-17)9-13-3-1-2-4-15(13)23-12-16(21)22/h1-4,14,19-20H,5-12H2,(H,21,22). The number of carboxylic acids is 1. The van der Waals surface area contributed by atoms with Crippen LogP contribution in [0.1, 0.15) is 5.56 Å². The Morgan fingerprint density at radius 2 is 1.91 bits per heavy atom. The minimum Gasteiger partial charge on any atom is -0.482 e. The van der Waals surface area contributed by atoms with E-state index in [0.717, 1.165) is 18.7 Å². The maximum absolute atomic E-state index is 10.7. The predicted octanol–water partition coefficient (Wildman–Crippen LogP) is -0.379. The highest BCUT2D eigenvalue weighted by atomic mass is 16.5. The van der Waals surface area contributed by atoms with E-state index in [1.54, 1.807) is 12.1 Å². The average Bonchev–Trinajstić information content (AvgIpc) is 2.68. The molecule has 7 nitrogen and oxygen atoms in total. The van der Waals surface area contributed by atoms with E-state index in [4.69, 9.17) is 14.9 Å². The molecule has 0 radical (unpaired) electrons. The lowest BCUT2D eigenvalue weighted by Crippen LogP contribution is -2.34. The first-order valence-electron chi connectivity index (χ1n) is 7.74. The first-order chi connectivity index (χ1) is 11.1. The van der Waals surface area contributed by atoms with Crippen LogP contribution in [0.25, 0.3) is 0 Å². The van der Waals surface area contributed by atoms with Crippen LogP contribution in [0.15, 0.2) is 24.3 Å². The van der Waals surface area contributed by atoms with Crippen molar-refractivity contribution in [3.05, 3.63) is 29.8 Å². The largest absolute Gasteiger partial charge is 0.482 e. The monoisotopic (exact) mass is 324 g/mol. The van der Waals surface area contributed by atoms with Gasteiger partial charge < -0.3 is 20.1 Å². The van der Waals surface area contributed by atoms with Gasteiger partial charge in [0.05, 0.1) is 12.7 Å². The van der Waals surface area contributed by atoms with E-state index in [9.17, 15) is 9.90 Å². The normalized spacial score (nSPS) is 20.2. The molecule has 2 rings (SSSR count). The van der Waals surface area contributed by atoms with Crippen molar-refractivity contribution >= 4 is 5.97 Å². The minimum atomic E-state index is -1.01. The molecule has 1 unspecified atom stereocenters. The topological polar surface area (TPSA) is 93.5 Å². The molecule has 0 aromatic heterocycles. The Morgan fingerprint density at radius 3 is 2.65 bits per heavy atom. The van der Waals surface area contributed by atoms with Crippen molar-refractivity contribution < 1.29 is 24.9 Å². The lowest BCUT2D eigenvalue weighted by Gasteiger charge is -2.22.